The number of halogens is 1. The van der Waals surface area contributed by atoms with Crippen molar-refractivity contribution in [1.82, 2.24) is 10.6 Å². The van der Waals surface area contributed by atoms with Gasteiger partial charge in [0.25, 0.3) is 0 Å². The minimum atomic E-state index is -0.386. The van der Waals surface area contributed by atoms with Crippen molar-refractivity contribution in [3.8, 4) is 11.5 Å². The van der Waals surface area contributed by atoms with Gasteiger partial charge in [0.1, 0.15) is 6.61 Å². The summed E-state index contributed by atoms with van der Waals surface area (Å²) in [7, 11) is 1.60. The number of hydrogen-bond acceptors (Lipinski definition) is 4. The number of nitrogens with one attached hydrogen (secondary N) is 2. The number of carbonyl (C=O) groups excluding carboxylic acids is 1. The average Bonchev–Trinajstić information content (AvgIpc) is 2.72. The quantitative estimate of drug-likeness (QED) is 0.686. The van der Waals surface area contributed by atoms with E-state index in [1.165, 1.54) is 0 Å². The van der Waals surface area contributed by atoms with Gasteiger partial charge in [-0.3, -0.25) is 4.79 Å². The molecule has 2 aromatic rings. The molecule has 29 heavy (non-hydrogen) atoms. The topological polar surface area (TPSA) is 59.6 Å². The molecule has 150 valence electrons. The highest BCUT2D eigenvalue weighted by atomic mass is 35.5. The average molecular weight is 429 g/mol. The van der Waals surface area contributed by atoms with Crippen LogP contribution in [0.5, 0.6) is 11.5 Å². The molecule has 2 N–H and O–H groups in total. The lowest BCUT2D eigenvalue weighted by Crippen LogP contribution is -2.46. The number of rotatable bonds is 5. The number of methoxy groups -OCH3 is 1. The van der Waals surface area contributed by atoms with Crippen molar-refractivity contribution in [2.75, 3.05) is 7.11 Å². The van der Waals surface area contributed by atoms with Gasteiger partial charge in [-0.25, -0.2) is 0 Å². The Balaban J connectivity index is 1.74. The van der Waals surface area contributed by atoms with Gasteiger partial charge >= 0.3 is 0 Å². The summed E-state index contributed by atoms with van der Waals surface area (Å²) in [5, 5.41) is 7.53. The molecule has 2 aliphatic rings. The lowest BCUT2D eigenvalue weighted by Gasteiger charge is -2.34. The molecule has 0 saturated carbocycles. The van der Waals surface area contributed by atoms with E-state index in [-0.39, 0.29) is 18.4 Å². The van der Waals surface area contributed by atoms with Gasteiger partial charge in [0.15, 0.2) is 22.4 Å². The van der Waals surface area contributed by atoms with Crippen LogP contribution in [0.2, 0.25) is 5.02 Å². The second-order valence-corrected chi connectivity index (χ2v) is 7.77. The first-order valence-electron chi connectivity index (χ1n) is 9.45. The molecule has 0 amide bonds. The fourth-order valence-corrected chi connectivity index (χ4v) is 4.21. The van der Waals surface area contributed by atoms with Crippen molar-refractivity contribution in [3.63, 3.8) is 0 Å². The Morgan fingerprint density at radius 3 is 2.79 bits per heavy atom. The van der Waals surface area contributed by atoms with Crippen LogP contribution in [0.25, 0.3) is 0 Å². The molecule has 0 radical (unpaired) electrons. The monoisotopic (exact) mass is 428 g/mol. The Morgan fingerprint density at radius 1 is 1.17 bits per heavy atom. The number of ether oxygens (including phenoxy) is 2. The molecule has 7 heteroatoms. The summed E-state index contributed by atoms with van der Waals surface area (Å²) in [6.07, 6.45) is 2.17. The zero-order valence-electron chi connectivity index (χ0n) is 16.0. The minimum Gasteiger partial charge on any atom is -0.493 e. The second-order valence-electron chi connectivity index (χ2n) is 6.96. The van der Waals surface area contributed by atoms with Gasteiger partial charge in [-0.15, -0.1) is 0 Å². The summed E-state index contributed by atoms with van der Waals surface area (Å²) < 4.78 is 11.7. The predicted octanol–water partition coefficient (Wildman–Crippen LogP) is 4.45. The van der Waals surface area contributed by atoms with Gasteiger partial charge in [-0.05, 0) is 37.2 Å². The van der Waals surface area contributed by atoms with Crippen molar-refractivity contribution in [3.05, 3.63) is 69.9 Å². The van der Waals surface area contributed by atoms with Gasteiger partial charge in [0.05, 0.1) is 13.2 Å². The third-order valence-corrected chi connectivity index (χ3v) is 5.74. The Kier molecular flexibility index (Phi) is 5.74. The van der Waals surface area contributed by atoms with Crippen LogP contribution in [0, 0.1) is 0 Å². The fraction of sp³-hybridized carbons (Fsp3) is 0.273. The maximum atomic E-state index is 12.7. The Hall–Kier alpha value is -2.57. The molecule has 1 unspecified atom stereocenters. The first-order valence-corrected chi connectivity index (χ1v) is 10.2. The highest BCUT2D eigenvalue weighted by Crippen LogP contribution is 2.41. The maximum absolute atomic E-state index is 12.7. The summed E-state index contributed by atoms with van der Waals surface area (Å²) in [4.78, 5) is 12.7. The molecule has 5 nitrogen and oxygen atoms in total. The van der Waals surface area contributed by atoms with Gasteiger partial charge in [0.2, 0.25) is 0 Å². The van der Waals surface area contributed by atoms with Crippen molar-refractivity contribution < 1.29 is 14.3 Å². The normalized spacial score (nSPS) is 18.6. The Morgan fingerprint density at radius 2 is 2.00 bits per heavy atom. The zero-order valence-corrected chi connectivity index (χ0v) is 17.5. The van der Waals surface area contributed by atoms with Gasteiger partial charge in [0, 0.05) is 33.8 Å². The number of carbonyl (C=O) groups is 1. The lowest BCUT2D eigenvalue weighted by molar-refractivity contribution is -0.116. The fourth-order valence-electron chi connectivity index (χ4n) is 3.78. The zero-order chi connectivity index (χ0) is 20.4. The second kappa shape index (κ2) is 8.43. The molecule has 0 fully saturated rings. The van der Waals surface area contributed by atoms with Crippen molar-refractivity contribution >= 4 is 34.7 Å². The van der Waals surface area contributed by atoms with E-state index in [0.717, 1.165) is 35.2 Å². The van der Waals surface area contributed by atoms with Gasteiger partial charge in [-0.1, -0.05) is 41.9 Å². The molecule has 0 bridgehead atoms. The number of Topliss-reactive ketones (excluding diaryl/α,β-unsaturated/α-hetero) is 1. The molecular formula is C22H21ClN2O3S. The maximum Gasteiger partial charge on any atom is 0.171 e. The molecule has 0 aromatic heterocycles. The van der Waals surface area contributed by atoms with Crippen LogP contribution in [0.4, 0.5) is 0 Å². The molecule has 1 aliphatic carbocycles. The SMILES string of the molecule is COc1cccc(C2NC(=S)NC3=C2C(=O)CCC3)c1OCc1ccccc1Cl. The minimum absolute atomic E-state index is 0.124. The van der Waals surface area contributed by atoms with Crippen LogP contribution >= 0.6 is 23.8 Å². The summed E-state index contributed by atoms with van der Waals surface area (Å²) in [6, 6.07) is 12.8. The number of thiocarbonyl (C=S) groups is 1. The first-order chi connectivity index (χ1) is 14.1. The van der Waals surface area contributed by atoms with Crippen LogP contribution < -0.4 is 20.1 Å². The third-order valence-electron chi connectivity index (χ3n) is 5.15. The van der Waals surface area contributed by atoms with Crippen molar-refractivity contribution in [2.45, 2.75) is 31.9 Å². The van der Waals surface area contributed by atoms with Crippen LogP contribution in [0.1, 0.15) is 36.4 Å². The third kappa shape index (κ3) is 3.95. The Bertz CT molecular complexity index is 1010. The predicted molar refractivity (Wildman–Crippen MR) is 116 cm³/mol. The summed E-state index contributed by atoms with van der Waals surface area (Å²) >= 11 is 11.7. The van der Waals surface area contributed by atoms with E-state index in [9.17, 15) is 4.79 Å². The van der Waals surface area contributed by atoms with E-state index in [1.807, 2.05) is 42.5 Å². The molecule has 2 aromatic carbocycles. The molecular weight excluding hydrogens is 408 g/mol. The van der Waals surface area contributed by atoms with Gasteiger partial charge in [-0.2, -0.15) is 0 Å². The lowest BCUT2D eigenvalue weighted by atomic mass is 9.85. The van der Waals surface area contributed by atoms with E-state index in [2.05, 4.69) is 10.6 Å². The van der Waals surface area contributed by atoms with E-state index in [1.54, 1.807) is 7.11 Å². The Labute approximate surface area is 180 Å². The van der Waals surface area contributed by atoms with E-state index < -0.39 is 0 Å². The number of para-hydroxylation sites is 1. The van der Waals surface area contributed by atoms with Crippen molar-refractivity contribution in [1.29, 1.82) is 0 Å². The summed E-state index contributed by atoms with van der Waals surface area (Å²) in [6.45, 7) is 0.280. The number of hydrogen-bond donors (Lipinski definition) is 2. The van der Waals surface area contributed by atoms with Crippen LogP contribution in [-0.2, 0) is 11.4 Å². The number of allylic oxidation sites excluding steroid dienone is 1. The van der Waals surface area contributed by atoms with Crippen molar-refractivity contribution in [2.24, 2.45) is 0 Å². The molecule has 0 spiro atoms. The summed E-state index contributed by atoms with van der Waals surface area (Å²) in [5.41, 5.74) is 3.30. The molecule has 1 heterocycles. The molecule has 1 aliphatic heterocycles. The van der Waals surface area contributed by atoms with Crippen LogP contribution in [0.15, 0.2) is 53.7 Å². The highest BCUT2D eigenvalue weighted by molar-refractivity contribution is 7.80. The molecule has 0 saturated heterocycles. The largest absolute Gasteiger partial charge is 0.493 e. The first kappa shape index (κ1) is 19.7. The number of ketones is 1. The molecule has 1 atom stereocenters. The van der Waals surface area contributed by atoms with E-state index in [0.29, 0.717) is 28.1 Å². The summed E-state index contributed by atoms with van der Waals surface area (Å²) in [5.74, 6) is 1.28. The van der Waals surface area contributed by atoms with Crippen LogP contribution in [0.3, 0.4) is 0 Å². The molecule has 4 rings (SSSR count). The standard InChI is InChI=1S/C22H21ClN2O3S/c1-27-18-11-4-7-14(21(18)28-12-13-6-2-3-8-15(13)23)20-19-16(24-22(29)25-20)9-5-10-17(19)26/h2-4,6-8,11,20H,5,9-10,12H2,1H3,(H2,24,25,29). The van der Waals surface area contributed by atoms with E-state index >= 15 is 0 Å². The highest BCUT2D eigenvalue weighted by Gasteiger charge is 2.35. The number of benzene rings is 2. The van der Waals surface area contributed by atoms with Crippen LogP contribution in [-0.4, -0.2) is 18.0 Å². The van der Waals surface area contributed by atoms with Gasteiger partial charge < -0.3 is 20.1 Å². The smallest absolute Gasteiger partial charge is 0.171 e. The van der Waals surface area contributed by atoms with E-state index in [4.69, 9.17) is 33.3 Å².